The van der Waals surface area contributed by atoms with Crippen LogP contribution >= 0.6 is 0 Å². The molecule has 10 heteroatoms. The summed E-state index contributed by atoms with van der Waals surface area (Å²) in [5, 5.41) is -0.254. The van der Waals surface area contributed by atoms with Gasteiger partial charge in [-0.3, -0.25) is 9.59 Å². The Morgan fingerprint density at radius 1 is 1.24 bits per heavy atom. The highest BCUT2D eigenvalue weighted by Crippen LogP contribution is 2.14. The molecule has 0 radical (unpaired) electrons. The van der Waals surface area contributed by atoms with E-state index in [0.717, 1.165) is 14.2 Å². The van der Waals surface area contributed by atoms with Gasteiger partial charge in [0.15, 0.2) is 5.03 Å². The van der Waals surface area contributed by atoms with Gasteiger partial charge in [0.05, 0.1) is 14.2 Å². The van der Waals surface area contributed by atoms with Crippen molar-refractivity contribution in [2.24, 2.45) is 7.05 Å². The molecule has 0 bridgehead atoms. The summed E-state index contributed by atoms with van der Waals surface area (Å²) < 4.78 is 35.9. The number of aromatic nitrogens is 2. The van der Waals surface area contributed by atoms with E-state index in [0.29, 0.717) is 10.1 Å². The third-order valence-electron chi connectivity index (χ3n) is 2.76. The fourth-order valence-electron chi connectivity index (χ4n) is 1.43. The average molecular weight is 319 g/mol. The largest absolute Gasteiger partial charge is 0.468 e. The van der Waals surface area contributed by atoms with E-state index in [1.807, 2.05) is 0 Å². The third kappa shape index (κ3) is 4.02. The Balaban J connectivity index is 3.15. The molecule has 1 aromatic heterocycles. The predicted molar refractivity (Wildman–Crippen MR) is 70.7 cm³/mol. The normalized spacial score (nSPS) is 11.5. The lowest BCUT2D eigenvalue weighted by atomic mass is 10.6. The van der Waals surface area contributed by atoms with Gasteiger partial charge >= 0.3 is 11.9 Å². The van der Waals surface area contributed by atoms with Crippen LogP contribution in [0.4, 0.5) is 0 Å². The molecule has 0 aromatic carbocycles. The summed E-state index contributed by atoms with van der Waals surface area (Å²) in [7, 11) is -0.240. The summed E-state index contributed by atoms with van der Waals surface area (Å²) in [5.41, 5.74) is 0. The minimum atomic E-state index is -4.11. The molecule has 0 aliphatic carbocycles. The van der Waals surface area contributed by atoms with Crippen molar-refractivity contribution in [3.8, 4) is 0 Å². The van der Waals surface area contributed by atoms with Crippen LogP contribution in [0.1, 0.15) is 5.82 Å². The number of carbonyl (C=O) groups excluding carboxylic acids is 2. The number of sulfonamides is 1. The number of aryl methyl sites for hydroxylation is 2. The Bertz CT molecular complexity index is 599. The van der Waals surface area contributed by atoms with Crippen LogP contribution in [-0.4, -0.2) is 61.5 Å². The standard InChI is InChI=1S/C11H17N3O6S/c1-8-12-9(5-13(8)2)21(17,18)14(6-10(15)19-3)7-11(16)20-4/h5H,6-7H2,1-4H3. The summed E-state index contributed by atoms with van der Waals surface area (Å²) in [6.07, 6.45) is 1.30. The Morgan fingerprint density at radius 2 is 1.71 bits per heavy atom. The number of carbonyl (C=O) groups is 2. The molecule has 0 spiro atoms. The number of hydrogen-bond acceptors (Lipinski definition) is 7. The lowest BCUT2D eigenvalue weighted by Gasteiger charge is -2.18. The van der Waals surface area contributed by atoms with Gasteiger partial charge in [-0.05, 0) is 6.92 Å². The van der Waals surface area contributed by atoms with E-state index < -0.39 is 35.1 Å². The lowest BCUT2D eigenvalue weighted by Crippen LogP contribution is -2.40. The number of hydrogen-bond donors (Lipinski definition) is 0. The van der Waals surface area contributed by atoms with Crippen molar-refractivity contribution in [2.45, 2.75) is 11.9 Å². The summed E-state index contributed by atoms with van der Waals surface area (Å²) in [4.78, 5) is 26.6. The monoisotopic (exact) mass is 319 g/mol. The van der Waals surface area contributed by atoms with Gasteiger partial charge in [0, 0.05) is 13.2 Å². The summed E-state index contributed by atoms with van der Waals surface area (Å²) in [6, 6.07) is 0. The molecule has 0 fully saturated rings. The van der Waals surface area contributed by atoms with E-state index in [1.165, 1.54) is 10.8 Å². The van der Waals surface area contributed by atoms with Gasteiger partial charge in [0.25, 0.3) is 10.0 Å². The minimum absolute atomic E-state index is 0.254. The smallest absolute Gasteiger partial charge is 0.321 e. The van der Waals surface area contributed by atoms with Crippen LogP contribution in [0.5, 0.6) is 0 Å². The average Bonchev–Trinajstić information content (AvgIpc) is 2.78. The van der Waals surface area contributed by atoms with Crippen molar-refractivity contribution in [1.29, 1.82) is 0 Å². The molecule has 0 saturated carbocycles. The zero-order valence-electron chi connectivity index (χ0n) is 12.2. The first kappa shape index (κ1) is 17.1. The van der Waals surface area contributed by atoms with Gasteiger partial charge in [0.1, 0.15) is 18.9 Å². The van der Waals surface area contributed by atoms with Gasteiger partial charge in [-0.25, -0.2) is 13.4 Å². The van der Waals surface area contributed by atoms with Crippen molar-refractivity contribution in [2.75, 3.05) is 27.3 Å². The van der Waals surface area contributed by atoms with Crippen LogP contribution in [0.15, 0.2) is 11.2 Å². The highest BCUT2D eigenvalue weighted by molar-refractivity contribution is 7.89. The van der Waals surface area contributed by atoms with Crippen LogP contribution < -0.4 is 0 Å². The van der Waals surface area contributed by atoms with Crippen LogP contribution in [-0.2, 0) is 36.1 Å². The Hall–Kier alpha value is -1.94. The Kier molecular flexibility index (Phi) is 5.44. The van der Waals surface area contributed by atoms with Crippen molar-refractivity contribution in [1.82, 2.24) is 13.9 Å². The summed E-state index contributed by atoms with van der Waals surface area (Å²) >= 11 is 0. The number of nitrogens with zero attached hydrogens (tertiary/aromatic N) is 3. The maximum Gasteiger partial charge on any atom is 0.321 e. The molecular weight excluding hydrogens is 302 g/mol. The molecule has 118 valence electrons. The number of methoxy groups -OCH3 is 2. The Labute approximate surface area is 122 Å². The zero-order valence-corrected chi connectivity index (χ0v) is 13.0. The molecule has 1 aromatic rings. The molecule has 0 N–H and O–H groups in total. The van der Waals surface area contributed by atoms with E-state index in [-0.39, 0.29) is 5.03 Å². The highest BCUT2D eigenvalue weighted by Gasteiger charge is 2.31. The van der Waals surface area contributed by atoms with Crippen LogP contribution in [0.25, 0.3) is 0 Å². The molecular formula is C11H17N3O6S. The van der Waals surface area contributed by atoms with E-state index in [1.54, 1.807) is 14.0 Å². The van der Waals surface area contributed by atoms with Crippen molar-refractivity contribution in [3.05, 3.63) is 12.0 Å². The molecule has 9 nitrogen and oxygen atoms in total. The fourth-order valence-corrected chi connectivity index (χ4v) is 2.78. The van der Waals surface area contributed by atoms with Gasteiger partial charge in [-0.15, -0.1) is 0 Å². The maximum atomic E-state index is 12.4. The quantitative estimate of drug-likeness (QED) is 0.623. The molecule has 1 rings (SSSR count). The van der Waals surface area contributed by atoms with E-state index in [2.05, 4.69) is 14.5 Å². The lowest BCUT2D eigenvalue weighted by molar-refractivity contribution is -0.143. The van der Waals surface area contributed by atoms with Gasteiger partial charge in [-0.1, -0.05) is 0 Å². The molecule has 1 heterocycles. The first-order chi connectivity index (χ1) is 9.72. The fraction of sp³-hybridized carbons (Fsp3) is 0.545. The maximum absolute atomic E-state index is 12.4. The first-order valence-electron chi connectivity index (χ1n) is 5.86. The summed E-state index contributed by atoms with van der Waals surface area (Å²) in [5.74, 6) is -1.12. The van der Waals surface area contributed by atoms with E-state index in [9.17, 15) is 18.0 Å². The molecule has 0 saturated heterocycles. The topological polar surface area (TPSA) is 108 Å². The minimum Gasteiger partial charge on any atom is -0.468 e. The van der Waals surface area contributed by atoms with Crippen LogP contribution in [0.3, 0.4) is 0 Å². The molecule has 21 heavy (non-hydrogen) atoms. The van der Waals surface area contributed by atoms with E-state index >= 15 is 0 Å². The number of imidazole rings is 1. The third-order valence-corrected chi connectivity index (χ3v) is 4.42. The number of ether oxygens (including phenoxy) is 2. The zero-order chi connectivity index (χ0) is 16.2. The Morgan fingerprint density at radius 3 is 2.05 bits per heavy atom. The van der Waals surface area contributed by atoms with Gasteiger partial charge < -0.3 is 14.0 Å². The molecule has 0 aliphatic rings. The van der Waals surface area contributed by atoms with Gasteiger partial charge in [0.2, 0.25) is 0 Å². The van der Waals surface area contributed by atoms with Crippen LogP contribution in [0.2, 0.25) is 0 Å². The molecule has 0 aliphatic heterocycles. The van der Waals surface area contributed by atoms with Gasteiger partial charge in [-0.2, -0.15) is 4.31 Å². The van der Waals surface area contributed by atoms with Crippen molar-refractivity contribution < 1.29 is 27.5 Å². The molecule has 0 amide bonds. The van der Waals surface area contributed by atoms with Crippen molar-refractivity contribution in [3.63, 3.8) is 0 Å². The number of esters is 2. The van der Waals surface area contributed by atoms with Crippen molar-refractivity contribution >= 4 is 22.0 Å². The molecule has 0 atom stereocenters. The second-order valence-electron chi connectivity index (χ2n) is 4.16. The SMILES string of the molecule is COC(=O)CN(CC(=O)OC)S(=O)(=O)c1cn(C)c(C)n1. The first-order valence-corrected chi connectivity index (χ1v) is 7.30. The van der Waals surface area contributed by atoms with E-state index in [4.69, 9.17) is 0 Å². The highest BCUT2D eigenvalue weighted by atomic mass is 32.2. The predicted octanol–water partition coefficient (Wildman–Crippen LogP) is -0.935. The second kappa shape index (κ2) is 6.68. The molecule has 0 unspecified atom stereocenters. The van der Waals surface area contributed by atoms with Crippen LogP contribution in [0, 0.1) is 6.92 Å². The second-order valence-corrected chi connectivity index (χ2v) is 6.05. The number of rotatable bonds is 6. The summed E-state index contributed by atoms with van der Waals surface area (Å²) in [6.45, 7) is 0.414.